The number of fused-ring (bicyclic) bond motifs is 2. The monoisotopic (exact) mass is 331 g/mol. The number of benzene rings is 2. The first-order valence-corrected chi connectivity index (χ1v) is 8.32. The molecule has 4 rings (SSSR count). The van der Waals surface area contributed by atoms with Crippen molar-refractivity contribution >= 4 is 17.5 Å². The minimum absolute atomic E-state index is 0.140. The van der Waals surface area contributed by atoms with E-state index in [1.54, 1.807) is 24.3 Å². The van der Waals surface area contributed by atoms with Crippen molar-refractivity contribution in [2.24, 2.45) is 0 Å². The van der Waals surface area contributed by atoms with Gasteiger partial charge < -0.3 is 9.73 Å². The lowest BCUT2D eigenvalue weighted by molar-refractivity contribution is 0.0960. The quantitative estimate of drug-likeness (QED) is 0.608. The van der Waals surface area contributed by atoms with E-state index in [-0.39, 0.29) is 17.3 Å². The molecule has 0 aliphatic heterocycles. The Labute approximate surface area is 145 Å². The van der Waals surface area contributed by atoms with Gasteiger partial charge in [0, 0.05) is 23.2 Å². The molecule has 1 N–H and O–H groups in total. The number of hydrogen-bond acceptors (Lipinski definition) is 4. The summed E-state index contributed by atoms with van der Waals surface area (Å²) in [5.41, 5.74) is 3.12. The minimum Gasteiger partial charge on any atom is -0.436 e. The highest BCUT2D eigenvalue weighted by molar-refractivity contribution is 6.28. The zero-order chi connectivity index (χ0) is 17.4. The first-order chi connectivity index (χ1) is 12.2. The Morgan fingerprint density at radius 1 is 0.880 bits per heavy atom. The van der Waals surface area contributed by atoms with Crippen molar-refractivity contribution < 1.29 is 14.0 Å². The third kappa shape index (κ3) is 2.47. The first-order valence-electron chi connectivity index (χ1n) is 8.32. The second-order valence-corrected chi connectivity index (χ2v) is 6.01. The van der Waals surface area contributed by atoms with Crippen molar-refractivity contribution in [1.82, 2.24) is 0 Å². The van der Waals surface area contributed by atoms with Gasteiger partial charge in [-0.2, -0.15) is 0 Å². The molecule has 25 heavy (non-hydrogen) atoms. The van der Waals surface area contributed by atoms with E-state index in [0.29, 0.717) is 35.5 Å². The number of hydrogen-bond donors (Lipinski definition) is 1. The van der Waals surface area contributed by atoms with Gasteiger partial charge in [-0.1, -0.05) is 61.5 Å². The highest BCUT2D eigenvalue weighted by atomic mass is 16.4. The fraction of sp³-hybridized carbons (Fsp3) is 0.143. The Kier molecular flexibility index (Phi) is 3.73. The molecular formula is C21H17NO3. The molecule has 3 aromatic rings. The van der Waals surface area contributed by atoms with Gasteiger partial charge in [-0.3, -0.25) is 9.59 Å². The molecule has 0 saturated heterocycles. The summed E-state index contributed by atoms with van der Waals surface area (Å²) in [5, 5.41) is 3.23. The molecule has 4 heteroatoms. The predicted molar refractivity (Wildman–Crippen MR) is 95.2 cm³/mol. The van der Waals surface area contributed by atoms with Gasteiger partial charge in [0.1, 0.15) is 0 Å². The van der Waals surface area contributed by atoms with E-state index in [0.717, 1.165) is 11.1 Å². The van der Waals surface area contributed by atoms with Gasteiger partial charge >= 0.3 is 0 Å². The average Bonchev–Trinajstić information content (AvgIpc) is 3.04. The Bertz CT molecular complexity index is 970. The van der Waals surface area contributed by atoms with Crippen LogP contribution in [0.4, 0.5) is 5.88 Å². The van der Waals surface area contributed by atoms with Crippen molar-refractivity contribution in [2.75, 3.05) is 5.32 Å². The zero-order valence-electron chi connectivity index (χ0n) is 13.8. The van der Waals surface area contributed by atoms with Gasteiger partial charge in [-0.05, 0) is 12.0 Å². The molecule has 0 radical (unpaired) electrons. The van der Waals surface area contributed by atoms with E-state index in [1.165, 1.54) is 0 Å². The number of carbonyl (C=O) groups is 2. The average molecular weight is 331 g/mol. The molecule has 4 nitrogen and oxygen atoms in total. The van der Waals surface area contributed by atoms with Crippen LogP contribution < -0.4 is 5.32 Å². The van der Waals surface area contributed by atoms with Crippen molar-refractivity contribution in [2.45, 2.75) is 19.9 Å². The van der Waals surface area contributed by atoms with Crippen LogP contribution in [0.3, 0.4) is 0 Å². The largest absolute Gasteiger partial charge is 0.436 e. The van der Waals surface area contributed by atoms with Gasteiger partial charge in [-0.25, -0.2) is 0 Å². The fourth-order valence-electron chi connectivity index (χ4n) is 3.26. The number of anilines is 1. The standard InChI is InChI=1S/C21H17NO3/c1-2-14-17-18(23)15-10-6-7-11-16(15)19(24)20(17)25-21(14)22-12-13-8-4-3-5-9-13/h3-11,22H,2,12H2,1H3. The number of carbonyl (C=O) groups excluding carboxylic acids is 2. The Morgan fingerprint density at radius 3 is 2.20 bits per heavy atom. The molecule has 0 fully saturated rings. The van der Waals surface area contributed by atoms with Crippen LogP contribution in [0, 0.1) is 0 Å². The van der Waals surface area contributed by atoms with Crippen LogP contribution in [-0.4, -0.2) is 11.6 Å². The second kappa shape index (κ2) is 6.06. The van der Waals surface area contributed by atoms with Crippen LogP contribution in [0.5, 0.6) is 0 Å². The summed E-state index contributed by atoms with van der Waals surface area (Å²) in [7, 11) is 0. The highest BCUT2D eigenvalue weighted by Gasteiger charge is 2.36. The molecule has 0 amide bonds. The number of nitrogens with one attached hydrogen (secondary N) is 1. The molecule has 1 aliphatic carbocycles. The summed E-state index contributed by atoms with van der Waals surface area (Å²) in [4.78, 5) is 25.6. The predicted octanol–water partition coefficient (Wildman–Crippen LogP) is 4.23. The van der Waals surface area contributed by atoms with Crippen LogP contribution in [-0.2, 0) is 13.0 Å². The summed E-state index contributed by atoms with van der Waals surface area (Å²) in [6.07, 6.45) is 0.608. The third-order valence-electron chi connectivity index (χ3n) is 4.51. The van der Waals surface area contributed by atoms with E-state index in [1.807, 2.05) is 37.3 Å². The van der Waals surface area contributed by atoms with Crippen LogP contribution in [0.2, 0.25) is 0 Å². The number of ketones is 2. The topological polar surface area (TPSA) is 59.3 Å². The summed E-state index contributed by atoms with van der Waals surface area (Å²) in [5.74, 6) is 0.285. The van der Waals surface area contributed by atoms with Crippen LogP contribution in [0.15, 0.2) is 59.0 Å². The molecule has 0 atom stereocenters. The molecule has 2 aromatic carbocycles. The smallest absolute Gasteiger partial charge is 0.229 e. The number of rotatable bonds is 4. The normalized spacial score (nSPS) is 12.7. The summed E-state index contributed by atoms with van der Waals surface area (Å²) >= 11 is 0. The molecular weight excluding hydrogens is 314 g/mol. The fourth-order valence-corrected chi connectivity index (χ4v) is 3.26. The van der Waals surface area contributed by atoms with Gasteiger partial charge in [0.15, 0.2) is 17.4 Å². The van der Waals surface area contributed by atoms with Crippen molar-refractivity contribution in [3.05, 3.63) is 88.2 Å². The zero-order valence-corrected chi connectivity index (χ0v) is 13.8. The maximum absolute atomic E-state index is 12.9. The SMILES string of the molecule is CCc1c(NCc2ccccc2)oc2c1C(=O)c1ccccc1C2=O. The highest BCUT2D eigenvalue weighted by Crippen LogP contribution is 2.36. The molecule has 1 aliphatic rings. The molecule has 0 bridgehead atoms. The van der Waals surface area contributed by atoms with Crippen LogP contribution in [0.25, 0.3) is 0 Å². The lowest BCUT2D eigenvalue weighted by atomic mass is 9.86. The summed E-state index contributed by atoms with van der Waals surface area (Å²) in [6, 6.07) is 16.8. The van der Waals surface area contributed by atoms with Gasteiger partial charge in [0.2, 0.25) is 5.78 Å². The molecule has 1 heterocycles. The van der Waals surface area contributed by atoms with Crippen molar-refractivity contribution in [3.8, 4) is 0 Å². The van der Waals surface area contributed by atoms with E-state index in [9.17, 15) is 9.59 Å². The lowest BCUT2D eigenvalue weighted by Gasteiger charge is -2.13. The number of furan rings is 1. The van der Waals surface area contributed by atoms with Gasteiger partial charge in [0.05, 0.1) is 5.56 Å². The van der Waals surface area contributed by atoms with Crippen molar-refractivity contribution in [1.29, 1.82) is 0 Å². The third-order valence-corrected chi connectivity index (χ3v) is 4.51. The minimum atomic E-state index is -0.229. The molecule has 124 valence electrons. The lowest BCUT2D eigenvalue weighted by Crippen LogP contribution is -2.20. The van der Waals surface area contributed by atoms with E-state index in [4.69, 9.17) is 4.42 Å². The summed E-state index contributed by atoms with van der Waals surface area (Å²) < 4.78 is 5.81. The summed E-state index contributed by atoms with van der Waals surface area (Å²) in [6.45, 7) is 2.52. The maximum Gasteiger partial charge on any atom is 0.229 e. The Morgan fingerprint density at radius 2 is 1.52 bits per heavy atom. The second-order valence-electron chi connectivity index (χ2n) is 6.01. The maximum atomic E-state index is 12.9. The van der Waals surface area contributed by atoms with Crippen LogP contribution in [0.1, 0.15) is 50.1 Å². The van der Waals surface area contributed by atoms with Crippen LogP contribution >= 0.6 is 0 Å². The molecule has 0 saturated carbocycles. The molecule has 0 spiro atoms. The first kappa shape index (κ1) is 15.4. The van der Waals surface area contributed by atoms with Gasteiger partial charge in [-0.15, -0.1) is 0 Å². The van der Waals surface area contributed by atoms with E-state index >= 15 is 0 Å². The Balaban J connectivity index is 1.74. The molecule has 1 aromatic heterocycles. The van der Waals surface area contributed by atoms with Gasteiger partial charge in [0.25, 0.3) is 0 Å². The van der Waals surface area contributed by atoms with E-state index in [2.05, 4.69) is 5.32 Å². The Hall–Kier alpha value is -3.14. The van der Waals surface area contributed by atoms with Crippen molar-refractivity contribution in [3.63, 3.8) is 0 Å². The van der Waals surface area contributed by atoms with E-state index < -0.39 is 0 Å². The molecule has 0 unspecified atom stereocenters.